The summed E-state index contributed by atoms with van der Waals surface area (Å²) in [5, 5.41) is 0.681. The molecule has 0 spiro atoms. The second-order valence-corrected chi connectivity index (χ2v) is 5.44. The van der Waals surface area contributed by atoms with Crippen LogP contribution < -0.4 is 4.74 Å². The van der Waals surface area contributed by atoms with E-state index < -0.39 is 0 Å². The normalized spacial score (nSPS) is 10.3. The van der Waals surface area contributed by atoms with Crippen LogP contribution in [0.2, 0.25) is 0 Å². The van der Waals surface area contributed by atoms with Gasteiger partial charge in [0.05, 0.1) is 6.61 Å². The molecule has 0 aliphatic heterocycles. The average Bonchev–Trinajstić information content (AvgIpc) is 2.58. The minimum absolute atomic E-state index is 0.255. The Morgan fingerprint density at radius 3 is 2.55 bits per heavy atom. The van der Waals surface area contributed by atoms with E-state index in [1.54, 1.807) is 0 Å². The van der Waals surface area contributed by atoms with Crippen LogP contribution >= 0.6 is 15.9 Å². The Hall–Kier alpha value is -1.81. The summed E-state index contributed by atoms with van der Waals surface area (Å²) in [6, 6.07) is 15.2. The number of benzene rings is 2. The number of hydrogen-bond donors (Lipinski definition) is 0. The van der Waals surface area contributed by atoms with Crippen molar-refractivity contribution in [2.24, 2.45) is 0 Å². The third-order valence-corrected chi connectivity index (χ3v) is 3.74. The molecule has 0 saturated carbocycles. The summed E-state index contributed by atoms with van der Waals surface area (Å²) in [6.45, 7) is 2.86. The molecule has 2 aromatic carbocycles. The molecule has 0 aromatic heterocycles. The molecule has 0 saturated heterocycles. The van der Waals surface area contributed by atoms with Crippen LogP contribution in [0.4, 0.5) is 0 Å². The molecule has 116 valence electrons. The van der Waals surface area contributed by atoms with Crippen molar-refractivity contribution in [2.45, 2.75) is 25.3 Å². The highest BCUT2D eigenvalue weighted by Gasteiger charge is 2.15. The molecule has 0 fully saturated rings. The minimum Gasteiger partial charge on any atom is -0.493 e. The molecule has 4 heteroatoms. The van der Waals surface area contributed by atoms with Gasteiger partial charge in [0.2, 0.25) is 0 Å². The number of carbonyl (C=O) groups excluding carboxylic acids is 1. The Balaban J connectivity index is 2.12. The van der Waals surface area contributed by atoms with Crippen molar-refractivity contribution in [3.05, 3.63) is 65.2 Å². The zero-order valence-electron chi connectivity index (χ0n) is 12.5. The Kier molecular flexibility index (Phi) is 6.46. The number of hydrogen-bond acceptors (Lipinski definition) is 3. The van der Waals surface area contributed by atoms with Crippen LogP contribution in [0.3, 0.4) is 0 Å². The number of ether oxygens (including phenoxy) is 2. The van der Waals surface area contributed by atoms with Crippen LogP contribution in [0, 0.1) is 0 Å². The van der Waals surface area contributed by atoms with Gasteiger partial charge in [0.25, 0.3) is 0 Å². The molecule has 0 atom stereocenters. The van der Waals surface area contributed by atoms with Gasteiger partial charge in [-0.15, -0.1) is 0 Å². The lowest BCUT2D eigenvalue weighted by molar-refractivity contribution is 0.0468. The van der Waals surface area contributed by atoms with Crippen LogP contribution in [0.5, 0.6) is 5.75 Å². The molecule has 0 bridgehead atoms. The zero-order valence-corrected chi connectivity index (χ0v) is 14.1. The predicted molar refractivity (Wildman–Crippen MR) is 90.4 cm³/mol. The first-order chi connectivity index (χ1) is 10.7. The van der Waals surface area contributed by atoms with Crippen molar-refractivity contribution in [3.63, 3.8) is 0 Å². The maximum atomic E-state index is 12.4. The van der Waals surface area contributed by atoms with E-state index in [1.807, 2.05) is 55.5 Å². The molecule has 3 nitrogen and oxygen atoms in total. The fourth-order valence-corrected chi connectivity index (χ4v) is 2.31. The summed E-state index contributed by atoms with van der Waals surface area (Å²) in [5.74, 6) is 0.211. The summed E-state index contributed by atoms with van der Waals surface area (Å²) in [6.07, 6.45) is 0.888. The van der Waals surface area contributed by atoms with E-state index in [9.17, 15) is 4.79 Å². The summed E-state index contributed by atoms with van der Waals surface area (Å²) in [5.41, 5.74) is 2.44. The average molecular weight is 363 g/mol. The third-order valence-electron chi connectivity index (χ3n) is 3.09. The largest absolute Gasteiger partial charge is 0.493 e. The van der Waals surface area contributed by atoms with Gasteiger partial charge >= 0.3 is 5.97 Å². The van der Waals surface area contributed by atoms with Crippen molar-refractivity contribution in [1.29, 1.82) is 0 Å². The number of halogens is 1. The summed E-state index contributed by atoms with van der Waals surface area (Å²) >= 11 is 3.40. The van der Waals surface area contributed by atoms with Crippen LogP contribution in [0.1, 0.15) is 34.8 Å². The summed E-state index contributed by atoms with van der Waals surface area (Å²) in [7, 11) is 0. The first-order valence-corrected chi connectivity index (χ1v) is 8.39. The van der Waals surface area contributed by atoms with E-state index >= 15 is 0 Å². The molecule has 0 aliphatic rings. The molecule has 0 heterocycles. The van der Waals surface area contributed by atoms with Crippen molar-refractivity contribution in [3.8, 4) is 5.75 Å². The SMILES string of the molecule is CCCOc1ccc(CBr)cc1C(=O)OCc1ccccc1. The quantitative estimate of drug-likeness (QED) is 0.527. The van der Waals surface area contributed by atoms with Gasteiger partial charge in [0.1, 0.15) is 17.9 Å². The Morgan fingerprint density at radius 2 is 1.86 bits per heavy atom. The molecular formula is C18H19BrO3. The molecule has 2 aromatic rings. The number of carbonyl (C=O) groups is 1. The summed E-state index contributed by atoms with van der Waals surface area (Å²) in [4.78, 5) is 12.4. The van der Waals surface area contributed by atoms with Crippen molar-refractivity contribution in [1.82, 2.24) is 0 Å². The minimum atomic E-state index is -0.363. The van der Waals surface area contributed by atoms with E-state index in [-0.39, 0.29) is 12.6 Å². The second-order valence-electron chi connectivity index (χ2n) is 4.87. The highest BCUT2D eigenvalue weighted by molar-refractivity contribution is 9.08. The van der Waals surface area contributed by atoms with Gasteiger partial charge in [0.15, 0.2) is 0 Å². The lowest BCUT2D eigenvalue weighted by atomic mass is 10.1. The van der Waals surface area contributed by atoms with Crippen LogP contribution in [0.25, 0.3) is 0 Å². The number of rotatable bonds is 7. The van der Waals surface area contributed by atoms with E-state index in [0.29, 0.717) is 23.2 Å². The zero-order chi connectivity index (χ0) is 15.8. The van der Waals surface area contributed by atoms with Crippen molar-refractivity contribution >= 4 is 21.9 Å². The smallest absolute Gasteiger partial charge is 0.342 e. The standard InChI is InChI=1S/C18H19BrO3/c1-2-10-21-17-9-8-15(12-19)11-16(17)18(20)22-13-14-6-4-3-5-7-14/h3-9,11H,2,10,12-13H2,1H3. The van der Waals surface area contributed by atoms with Crippen LogP contribution in [-0.2, 0) is 16.7 Å². The first-order valence-electron chi connectivity index (χ1n) is 7.27. The van der Waals surface area contributed by atoms with E-state index in [2.05, 4.69) is 15.9 Å². The lowest BCUT2D eigenvalue weighted by Crippen LogP contribution is -2.09. The van der Waals surface area contributed by atoms with E-state index in [0.717, 1.165) is 17.5 Å². The maximum absolute atomic E-state index is 12.4. The molecule has 2 rings (SSSR count). The van der Waals surface area contributed by atoms with E-state index in [1.165, 1.54) is 0 Å². The highest BCUT2D eigenvalue weighted by atomic mass is 79.9. The molecule has 0 amide bonds. The second kappa shape index (κ2) is 8.59. The fourth-order valence-electron chi connectivity index (χ4n) is 1.96. The topological polar surface area (TPSA) is 35.5 Å². The highest BCUT2D eigenvalue weighted by Crippen LogP contribution is 2.23. The number of esters is 1. The fraction of sp³-hybridized carbons (Fsp3) is 0.278. The van der Waals surface area contributed by atoms with Crippen molar-refractivity contribution < 1.29 is 14.3 Å². The summed E-state index contributed by atoms with van der Waals surface area (Å²) < 4.78 is 11.0. The lowest BCUT2D eigenvalue weighted by Gasteiger charge is -2.12. The van der Waals surface area contributed by atoms with Gasteiger partial charge in [-0.1, -0.05) is 59.3 Å². The molecular weight excluding hydrogens is 344 g/mol. The molecule has 22 heavy (non-hydrogen) atoms. The maximum Gasteiger partial charge on any atom is 0.342 e. The number of alkyl halides is 1. The van der Waals surface area contributed by atoms with E-state index in [4.69, 9.17) is 9.47 Å². The van der Waals surface area contributed by atoms with Gasteiger partial charge in [-0.2, -0.15) is 0 Å². The first kappa shape index (κ1) is 16.6. The van der Waals surface area contributed by atoms with Gasteiger partial charge in [-0.25, -0.2) is 4.79 Å². The Morgan fingerprint density at radius 1 is 1.09 bits per heavy atom. The van der Waals surface area contributed by atoms with Gasteiger partial charge in [-0.05, 0) is 29.7 Å². The molecule has 0 aliphatic carbocycles. The molecule has 0 radical (unpaired) electrons. The van der Waals surface area contributed by atoms with Crippen LogP contribution in [0.15, 0.2) is 48.5 Å². The Labute approximate surface area is 139 Å². The van der Waals surface area contributed by atoms with Gasteiger partial charge in [-0.3, -0.25) is 0 Å². The Bertz CT molecular complexity index is 611. The monoisotopic (exact) mass is 362 g/mol. The van der Waals surface area contributed by atoms with Crippen LogP contribution in [-0.4, -0.2) is 12.6 Å². The predicted octanol–water partition coefficient (Wildman–Crippen LogP) is 4.73. The molecule has 0 unspecified atom stereocenters. The van der Waals surface area contributed by atoms with Gasteiger partial charge in [0, 0.05) is 5.33 Å². The molecule has 0 N–H and O–H groups in total. The third kappa shape index (κ3) is 4.60. The van der Waals surface area contributed by atoms with Crippen molar-refractivity contribution in [2.75, 3.05) is 6.61 Å². The van der Waals surface area contributed by atoms with Gasteiger partial charge < -0.3 is 9.47 Å².